The van der Waals surface area contributed by atoms with Crippen molar-refractivity contribution in [1.82, 2.24) is 126 Å². The Balaban J connectivity index is 0.000000112. The van der Waals surface area contributed by atoms with Crippen LogP contribution in [-0.2, 0) is 26.2 Å². The summed E-state index contributed by atoms with van der Waals surface area (Å²) < 4.78 is 0. The van der Waals surface area contributed by atoms with Gasteiger partial charge in [0, 0.05) is 84.5 Å². The molecule has 19 rings (SSSR count). The second-order valence-electron chi connectivity index (χ2n) is 27.5. The average molecular weight is 1460 g/mol. The van der Waals surface area contributed by atoms with E-state index in [9.17, 15) is 0 Å². The summed E-state index contributed by atoms with van der Waals surface area (Å²) in [4.78, 5) is 32.2. The Labute approximate surface area is 623 Å². The number of hydrogen-bond acceptors (Lipinski definition) is 17. The molecule has 25 nitrogen and oxygen atoms in total. The zero-order valence-electron chi connectivity index (χ0n) is 58.6. The monoisotopic (exact) mass is 1460 g/mol. The van der Waals surface area contributed by atoms with Crippen LogP contribution in [0.1, 0.15) is 106 Å². The quantitative estimate of drug-likeness (QED) is 0.0446. The van der Waals surface area contributed by atoms with Crippen molar-refractivity contribution in [3.05, 3.63) is 185 Å². The predicted molar refractivity (Wildman–Crippen MR) is 417 cm³/mol. The molecule has 0 amide bonds. The summed E-state index contributed by atoms with van der Waals surface area (Å²) in [5.74, 6) is 7.12. The number of halogens is 2. The molecule has 0 unspecified atom stereocenters. The van der Waals surface area contributed by atoms with Gasteiger partial charge in [0.15, 0.2) is 23.3 Å². The van der Waals surface area contributed by atoms with Gasteiger partial charge in [-0.25, -0.2) is 19.9 Å². The molecular weight excluding hydrogens is 1380 g/mol. The molecule has 3 aliphatic heterocycles. The number of fused-ring (bicyclic) bond motifs is 4. The molecule has 536 valence electrons. The lowest BCUT2D eigenvalue weighted by Crippen LogP contribution is -2.19. The standard InChI is InChI=1S/C20H19ClN6.C20H26N6.C19H19N7.C18H17ClN6.H2S/c21-16-6-2-1-5-14(16)19-15-11-13(7-8-17(15)23-25-19)20-22-18(24-26-20)12-27-9-3-4-10-27;1-2-6-14(7-3-1)19-16-12-15(8-9-17(16)22-24-19)20-21-18(23-25-20)13-26-10-4-5-11-26;1-2-9-26(8-1)12-17-21-19(25-23-17)13-5-6-16-15(10-13)18(24-22-16)14-4-3-7-20-11-14;1-25(2)10-16-20-18(24-22-16)11-7-8-15-13(9-11)17(23-21-15)12-5-3-4-6-14(12)19;/h1-2,5-8,11H,3-4,9-10,12H2,(H,23,25)(H,22,24,26);8-9,12,14H,1-7,10-11,13H2,(H,22,24)(H,21,23,25);3-7,10-11H,1-2,8-9,12H2,(H,22,24)(H,21,23,25);3-9H,10H2,1-2H3,(H,21,23)(H,20,22,24);1H2. The van der Waals surface area contributed by atoms with Crippen molar-refractivity contribution in [2.45, 2.75) is 103 Å². The molecule has 15 aromatic rings. The van der Waals surface area contributed by atoms with Crippen LogP contribution in [0.2, 0.25) is 10.0 Å². The topological polar surface area (TPSA) is 307 Å². The summed E-state index contributed by atoms with van der Waals surface area (Å²) in [5.41, 5.74) is 14.5. The maximum absolute atomic E-state index is 6.37. The van der Waals surface area contributed by atoms with Crippen LogP contribution in [0, 0.1) is 0 Å². The fraction of sp³-hybridized carbons (Fsp3) is 0.312. The number of pyridine rings is 1. The smallest absolute Gasteiger partial charge is 0.181 e. The highest BCUT2D eigenvalue weighted by molar-refractivity contribution is 7.59. The summed E-state index contributed by atoms with van der Waals surface area (Å²) >= 11 is 12.7. The van der Waals surface area contributed by atoms with Gasteiger partial charge in [-0.15, -0.1) is 0 Å². The molecule has 9 aromatic heterocycles. The van der Waals surface area contributed by atoms with Crippen LogP contribution in [0.25, 0.3) is 123 Å². The minimum atomic E-state index is 0. The van der Waals surface area contributed by atoms with Gasteiger partial charge >= 0.3 is 0 Å². The molecule has 3 saturated heterocycles. The minimum absolute atomic E-state index is 0. The van der Waals surface area contributed by atoms with Gasteiger partial charge in [0.2, 0.25) is 0 Å². The van der Waals surface area contributed by atoms with Crippen molar-refractivity contribution in [2.75, 3.05) is 53.4 Å². The third-order valence-corrected chi connectivity index (χ3v) is 20.5. The maximum atomic E-state index is 6.37. The molecule has 0 atom stereocenters. The van der Waals surface area contributed by atoms with Crippen molar-refractivity contribution in [2.24, 2.45) is 0 Å². The summed E-state index contributed by atoms with van der Waals surface area (Å²) in [6.07, 6.45) is 17.8. The van der Waals surface area contributed by atoms with Gasteiger partial charge in [0.1, 0.15) is 40.4 Å². The first-order valence-electron chi connectivity index (χ1n) is 35.9. The van der Waals surface area contributed by atoms with Gasteiger partial charge in [-0.2, -0.15) is 54.3 Å². The number of aromatic amines is 8. The van der Waals surface area contributed by atoms with E-state index in [1.807, 2.05) is 128 Å². The van der Waals surface area contributed by atoms with Crippen LogP contribution in [0.3, 0.4) is 0 Å². The Bertz CT molecular complexity index is 5370. The summed E-state index contributed by atoms with van der Waals surface area (Å²) in [6.45, 7) is 10.1. The lowest BCUT2D eigenvalue weighted by molar-refractivity contribution is 0.323. The van der Waals surface area contributed by atoms with E-state index in [1.165, 1.54) is 94.8 Å². The lowest BCUT2D eigenvalue weighted by atomic mass is 9.85. The maximum Gasteiger partial charge on any atom is 0.181 e. The van der Waals surface area contributed by atoms with Crippen molar-refractivity contribution in [3.8, 4) is 79.3 Å². The third kappa shape index (κ3) is 16.2. The number of hydrogen-bond donors (Lipinski definition) is 8. The number of H-pyrrole nitrogens is 8. The Hall–Kier alpha value is -10.3. The van der Waals surface area contributed by atoms with E-state index >= 15 is 0 Å². The first kappa shape index (κ1) is 70.3. The fourth-order valence-corrected chi connectivity index (χ4v) is 15.0. The Morgan fingerprint density at radius 2 is 0.800 bits per heavy atom. The number of nitrogens with one attached hydrogen (secondary N) is 8. The molecule has 1 aliphatic carbocycles. The molecule has 105 heavy (non-hydrogen) atoms. The fourth-order valence-electron chi connectivity index (χ4n) is 14.5. The molecule has 1 saturated carbocycles. The van der Waals surface area contributed by atoms with E-state index in [0.29, 0.717) is 34.2 Å². The number of likely N-dealkylation sites (tertiary alicyclic amines) is 3. The molecule has 4 fully saturated rings. The molecule has 8 N–H and O–H groups in total. The number of nitrogens with zero attached hydrogens (tertiary/aromatic N) is 17. The Morgan fingerprint density at radius 1 is 0.390 bits per heavy atom. The second kappa shape index (κ2) is 32.4. The molecule has 28 heteroatoms. The van der Waals surface area contributed by atoms with Gasteiger partial charge in [0.25, 0.3) is 0 Å². The Morgan fingerprint density at radius 3 is 1.24 bits per heavy atom. The summed E-state index contributed by atoms with van der Waals surface area (Å²) in [6, 6.07) is 44.0. The number of aromatic nitrogens is 21. The highest BCUT2D eigenvalue weighted by Crippen LogP contribution is 2.39. The highest BCUT2D eigenvalue weighted by Gasteiger charge is 2.24. The lowest BCUT2D eigenvalue weighted by Gasteiger charge is -2.20. The van der Waals surface area contributed by atoms with E-state index in [4.69, 9.17) is 33.2 Å². The number of benzene rings is 6. The molecule has 12 heterocycles. The number of rotatable bonds is 16. The van der Waals surface area contributed by atoms with Crippen molar-refractivity contribution in [1.29, 1.82) is 0 Å². The van der Waals surface area contributed by atoms with Crippen LogP contribution < -0.4 is 0 Å². The van der Waals surface area contributed by atoms with E-state index < -0.39 is 0 Å². The normalized spacial score (nSPS) is 15.2. The van der Waals surface area contributed by atoms with Crippen molar-refractivity contribution >= 4 is 80.3 Å². The first-order valence-corrected chi connectivity index (χ1v) is 36.7. The van der Waals surface area contributed by atoms with Gasteiger partial charge in [-0.3, -0.25) is 60.5 Å². The van der Waals surface area contributed by atoms with Crippen molar-refractivity contribution in [3.63, 3.8) is 0 Å². The highest BCUT2D eigenvalue weighted by atomic mass is 35.5. The van der Waals surface area contributed by atoms with E-state index in [-0.39, 0.29) is 13.5 Å². The predicted octanol–water partition coefficient (Wildman–Crippen LogP) is 15.1. The SMILES string of the molecule is CN(C)Cc1nc(-c2ccc3[nH]nc(-c4ccccc4Cl)c3c2)n[nH]1.Clc1ccccc1-c1n[nH]c2ccc(-c3n[nH]c(CN4CCCC4)n3)cc12.S.c1cc2n[nH]c(C3CCCCC3)c2cc1-c1n[nH]c(CN2CCCC2)n1.c1cncc(-c2n[nH]c3ccc(-c4n[nH]c(CN5CCCC5)n4)cc23)c1. The van der Waals surface area contributed by atoms with E-state index in [1.54, 1.807) is 6.20 Å². The van der Waals surface area contributed by atoms with Gasteiger partial charge < -0.3 is 4.90 Å². The van der Waals surface area contributed by atoms with E-state index in [0.717, 1.165) is 175 Å². The van der Waals surface area contributed by atoms with Crippen LogP contribution in [0.4, 0.5) is 0 Å². The Kier molecular flexibility index (Phi) is 21.7. The average Bonchev–Trinajstić information content (AvgIpc) is 1.67. The largest absolute Gasteiger partial charge is 0.302 e. The minimum Gasteiger partial charge on any atom is -0.302 e. The summed E-state index contributed by atoms with van der Waals surface area (Å²) in [7, 11) is 3.99. The van der Waals surface area contributed by atoms with Gasteiger partial charge in [0.05, 0.1) is 58.3 Å². The van der Waals surface area contributed by atoms with Crippen LogP contribution in [0.15, 0.2) is 146 Å². The van der Waals surface area contributed by atoms with Gasteiger partial charge in [-0.05, 0) is 202 Å². The molecule has 0 radical (unpaired) electrons. The molecule has 6 aromatic carbocycles. The van der Waals surface area contributed by atoms with Gasteiger partial charge in [-0.1, -0.05) is 78.9 Å². The zero-order chi connectivity index (χ0) is 70.3. The molecule has 0 spiro atoms. The van der Waals surface area contributed by atoms with Crippen LogP contribution in [0.5, 0.6) is 0 Å². The molecule has 4 aliphatic rings. The first-order chi connectivity index (χ1) is 51.1. The zero-order valence-corrected chi connectivity index (χ0v) is 61.2. The van der Waals surface area contributed by atoms with Crippen LogP contribution >= 0.6 is 36.7 Å². The molecular formula is C77H83Cl2N25S. The summed E-state index contributed by atoms with van der Waals surface area (Å²) in [5, 5.41) is 66.0. The van der Waals surface area contributed by atoms with E-state index in [2.05, 4.69) is 142 Å². The molecule has 0 bridgehead atoms. The third-order valence-electron chi connectivity index (χ3n) is 19.8. The van der Waals surface area contributed by atoms with Crippen molar-refractivity contribution < 1.29 is 0 Å². The van der Waals surface area contributed by atoms with Crippen LogP contribution in [-0.4, -0.2) is 179 Å². The second-order valence-corrected chi connectivity index (χ2v) is 28.3.